The van der Waals surface area contributed by atoms with Crippen molar-refractivity contribution in [3.05, 3.63) is 59.3 Å². The van der Waals surface area contributed by atoms with Crippen molar-refractivity contribution in [3.63, 3.8) is 0 Å². The normalized spacial score (nSPS) is 16.3. The molecular formula is C31H32O4S2. The minimum Gasteiger partial charge on any atom is -0.493 e. The predicted molar refractivity (Wildman–Crippen MR) is 153 cm³/mol. The molecule has 2 aromatic heterocycles. The van der Waals surface area contributed by atoms with Crippen molar-refractivity contribution in [3.8, 4) is 55.0 Å². The summed E-state index contributed by atoms with van der Waals surface area (Å²) >= 11 is 3.52. The summed E-state index contributed by atoms with van der Waals surface area (Å²) in [5.74, 6) is 3.60. The molecule has 0 spiro atoms. The maximum absolute atomic E-state index is 6.41. The van der Waals surface area contributed by atoms with Crippen LogP contribution in [0.1, 0.15) is 44.9 Å². The summed E-state index contributed by atoms with van der Waals surface area (Å²) < 4.78 is 25.6. The molecule has 0 amide bonds. The van der Waals surface area contributed by atoms with Crippen molar-refractivity contribution in [1.82, 2.24) is 0 Å². The summed E-state index contributed by atoms with van der Waals surface area (Å²) in [7, 11) is 0. The van der Waals surface area contributed by atoms with Crippen LogP contribution in [-0.2, 0) is 0 Å². The second-order valence-corrected chi connectivity index (χ2v) is 11.3. The van der Waals surface area contributed by atoms with Crippen molar-refractivity contribution >= 4 is 22.7 Å². The molecule has 0 aliphatic carbocycles. The minimum absolute atomic E-state index is 0.675. The zero-order chi connectivity index (χ0) is 24.9. The lowest BCUT2D eigenvalue weighted by molar-refractivity contribution is 0.277. The van der Waals surface area contributed by atoms with Gasteiger partial charge in [0.15, 0.2) is 0 Å². The minimum atomic E-state index is 0.675. The van der Waals surface area contributed by atoms with Crippen LogP contribution in [0, 0.1) is 0 Å². The fourth-order valence-corrected chi connectivity index (χ4v) is 7.06. The van der Waals surface area contributed by atoms with Gasteiger partial charge in [-0.15, -0.1) is 22.7 Å². The third-order valence-corrected chi connectivity index (χ3v) is 8.90. The van der Waals surface area contributed by atoms with Gasteiger partial charge in [0.05, 0.1) is 47.3 Å². The Balaban J connectivity index is 1.58. The van der Waals surface area contributed by atoms with E-state index in [1.165, 1.54) is 9.75 Å². The van der Waals surface area contributed by atoms with Gasteiger partial charge in [0.2, 0.25) is 0 Å². The third kappa shape index (κ3) is 5.23. The van der Waals surface area contributed by atoms with Crippen molar-refractivity contribution in [2.24, 2.45) is 0 Å². The first-order chi connectivity index (χ1) is 18.4. The van der Waals surface area contributed by atoms with E-state index < -0.39 is 0 Å². The molecule has 2 aliphatic rings. The molecule has 4 nitrogen and oxygen atoms in total. The lowest BCUT2D eigenvalue weighted by Crippen LogP contribution is -2.03. The van der Waals surface area contributed by atoms with E-state index in [2.05, 4.69) is 59.3 Å². The lowest BCUT2D eigenvalue weighted by Gasteiger charge is -2.19. The molecule has 0 atom stereocenters. The zero-order valence-electron chi connectivity index (χ0n) is 21.0. The highest BCUT2D eigenvalue weighted by Gasteiger charge is 2.24. The Labute approximate surface area is 226 Å². The van der Waals surface area contributed by atoms with Gasteiger partial charge in [-0.2, -0.15) is 0 Å². The average molecular weight is 533 g/mol. The number of thiophene rings is 2. The van der Waals surface area contributed by atoms with Crippen LogP contribution in [0.4, 0.5) is 0 Å². The lowest BCUT2D eigenvalue weighted by atomic mass is 9.99. The Bertz CT molecular complexity index is 1240. The molecule has 4 heterocycles. The molecule has 0 unspecified atom stereocenters. The smallest absolute Gasteiger partial charge is 0.130 e. The highest BCUT2D eigenvalue weighted by atomic mass is 32.1. The Morgan fingerprint density at radius 1 is 0.432 bits per heavy atom. The van der Waals surface area contributed by atoms with Crippen LogP contribution < -0.4 is 18.9 Å². The van der Waals surface area contributed by atoms with Gasteiger partial charge < -0.3 is 18.9 Å². The van der Waals surface area contributed by atoms with Gasteiger partial charge in [0.1, 0.15) is 23.0 Å². The van der Waals surface area contributed by atoms with Crippen molar-refractivity contribution < 1.29 is 18.9 Å². The quantitative estimate of drug-likeness (QED) is 0.226. The molecule has 2 aliphatic heterocycles. The van der Waals surface area contributed by atoms with Crippen LogP contribution in [0.2, 0.25) is 0 Å². The first-order valence-electron chi connectivity index (χ1n) is 13.3. The maximum atomic E-state index is 6.41. The van der Waals surface area contributed by atoms with E-state index in [4.69, 9.17) is 18.9 Å². The molecule has 0 saturated heterocycles. The zero-order valence-corrected chi connectivity index (χ0v) is 22.6. The monoisotopic (exact) mass is 532 g/mol. The van der Waals surface area contributed by atoms with E-state index in [1.807, 2.05) is 0 Å². The molecule has 6 heteroatoms. The number of benzene rings is 2. The van der Waals surface area contributed by atoms with Crippen molar-refractivity contribution in [2.75, 3.05) is 26.4 Å². The second kappa shape index (κ2) is 11.6. The highest BCUT2D eigenvalue weighted by molar-refractivity contribution is 7.21. The van der Waals surface area contributed by atoms with Gasteiger partial charge in [0, 0.05) is 11.1 Å². The summed E-state index contributed by atoms with van der Waals surface area (Å²) in [4.78, 5) is 2.43. The van der Waals surface area contributed by atoms with Crippen LogP contribution in [0.5, 0.6) is 23.0 Å². The first kappa shape index (κ1) is 24.4. The van der Waals surface area contributed by atoms with E-state index in [1.54, 1.807) is 22.7 Å². The molecule has 0 radical (unpaired) electrons. The molecule has 0 fully saturated rings. The molecule has 4 aromatic rings. The Kier molecular flexibility index (Phi) is 7.65. The van der Waals surface area contributed by atoms with Gasteiger partial charge in [-0.25, -0.2) is 0 Å². The van der Waals surface area contributed by atoms with Crippen LogP contribution in [0.25, 0.3) is 32.0 Å². The van der Waals surface area contributed by atoms with E-state index in [0.717, 1.165) is 90.2 Å². The summed E-state index contributed by atoms with van der Waals surface area (Å²) in [5, 5.41) is 4.34. The Morgan fingerprint density at radius 2 is 0.784 bits per heavy atom. The van der Waals surface area contributed by atoms with Crippen LogP contribution in [-0.4, -0.2) is 26.4 Å². The van der Waals surface area contributed by atoms with Crippen LogP contribution >= 0.6 is 22.7 Å². The van der Waals surface area contributed by atoms with Crippen molar-refractivity contribution in [1.29, 1.82) is 0 Å². The largest absolute Gasteiger partial charge is 0.493 e. The van der Waals surface area contributed by atoms with Crippen LogP contribution in [0.3, 0.4) is 0 Å². The summed E-state index contributed by atoms with van der Waals surface area (Å²) in [5.41, 5.74) is 4.42. The molecule has 37 heavy (non-hydrogen) atoms. The third-order valence-electron chi connectivity index (χ3n) is 6.91. The molecule has 2 bridgehead atoms. The van der Waals surface area contributed by atoms with Crippen molar-refractivity contribution in [2.45, 2.75) is 44.9 Å². The van der Waals surface area contributed by atoms with E-state index in [9.17, 15) is 0 Å². The molecule has 2 aromatic carbocycles. The number of ether oxygens (including phenoxy) is 4. The van der Waals surface area contributed by atoms with Gasteiger partial charge in [-0.3, -0.25) is 0 Å². The second-order valence-electron chi connectivity index (χ2n) is 9.45. The average Bonchev–Trinajstić information content (AvgIpc) is 3.58. The van der Waals surface area contributed by atoms with Gasteiger partial charge in [0.25, 0.3) is 0 Å². The highest BCUT2D eigenvalue weighted by Crippen LogP contribution is 2.52. The Morgan fingerprint density at radius 3 is 1.16 bits per heavy atom. The maximum Gasteiger partial charge on any atom is 0.130 e. The number of hydrogen-bond acceptors (Lipinski definition) is 6. The van der Waals surface area contributed by atoms with Gasteiger partial charge in [-0.05, 0) is 92.1 Å². The number of hydrogen-bond donors (Lipinski definition) is 0. The Hall–Kier alpha value is -2.96. The standard InChI is InChI=1S/C31H32O4S2/c1-2-5-17-33-25-11-9-13-27-29(25)23-15-21-37-31(23)30-22(14-20-36-30)28-24(32-16-4-1)10-8-12-26(28)34-18-6-3-7-19-35-27/h8-15,20-21H,1-7,16-19H2. The van der Waals surface area contributed by atoms with E-state index in [-0.39, 0.29) is 0 Å². The fourth-order valence-electron chi connectivity index (χ4n) is 5.07. The van der Waals surface area contributed by atoms with Gasteiger partial charge >= 0.3 is 0 Å². The molecular weight excluding hydrogens is 500 g/mol. The topological polar surface area (TPSA) is 36.9 Å². The number of rotatable bonds is 0. The SMILES string of the molecule is c1cc2c3c(c1)OCCCCCOc1cccc(c1-c1ccsc1-c1sccc1-3)OCCCCCCO2. The van der Waals surface area contributed by atoms with Gasteiger partial charge in [-0.1, -0.05) is 12.1 Å². The predicted octanol–water partition coefficient (Wildman–Crippen LogP) is 9.08. The van der Waals surface area contributed by atoms with E-state index in [0.29, 0.717) is 26.4 Å². The summed E-state index contributed by atoms with van der Waals surface area (Å²) in [6.07, 6.45) is 7.27. The van der Waals surface area contributed by atoms with Crippen LogP contribution in [0.15, 0.2) is 59.3 Å². The van der Waals surface area contributed by atoms with E-state index >= 15 is 0 Å². The molecule has 0 N–H and O–H groups in total. The molecule has 6 rings (SSSR count). The first-order valence-corrected chi connectivity index (χ1v) is 15.1. The molecule has 192 valence electrons. The summed E-state index contributed by atoms with van der Waals surface area (Å²) in [6.45, 7) is 2.75. The molecule has 0 saturated carbocycles. The fraction of sp³-hybridized carbons (Fsp3) is 0.355. The summed E-state index contributed by atoms with van der Waals surface area (Å²) in [6, 6.07) is 16.9.